The van der Waals surface area contributed by atoms with Crippen LogP contribution in [0.3, 0.4) is 0 Å². The summed E-state index contributed by atoms with van der Waals surface area (Å²) >= 11 is 18.8. The van der Waals surface area contributed by atoms with Crippen molar-refractivity contribution in [3.05, 3.63) is 78.4 Å². The molecule has 4 nitrogen and oxygen atoms in total. The Morgan fingerprint density at radius 1 is 1.10 bits per heavy atom. The highest BCUT2D eigenvalue weighted by Gasteiger charge is 2.15. The first-order chi connectivity index (χ1) is 13.8. The third-order valence-electron chi connectivity index (χ3n) is 3.91. The smallest absolute Gasteiger partial charge is 0.266 e. The molecule has 3 rings (SSSR count). The van der Waals surface area contributed by atoms with Crippen LogP contribution in [-0.2, 0) is 4.79 Å². The van der Waals surface area contributed by atoms with E-state index in [0.29, 0.717) is 36.2 Å². The lowest BCUT2D eigenvalue weighted by atomic mass is 10.2. The predicted octanol–water partition coefficient (Wildman–Crippen LogP) is 7.63. The molecule has 0 aliphatic carbocycles. The van der Waals surface area contributed by atoms with Crippen molar-refractivity contribution in [3.63, 3.8) is 0 Å². The quantitative estimate of drug-likeness (QED) is 0.266. The van der Waals surface area contributed by atoms with E-state index >= 15 is 0 Å². The lowest BCUT2D eigenvalue weighted by Gasteiger charge is -2.10. The Labute approximate surface area is 194 Å². The normalized spacial score (nSPS) is 11.2. The number of carbonyl (C=O) groups excluding carboxylic acids is 1. The first-order valence-corrected chi connectivity index (χ1v) is 10.6. The molecular weight excluding hydrogens is 543 g/mol. The molecule has 0 aliphatic heterocycles. The second kappa shape index (κ2) is 9.19. The van der Waals surface area contributed by atoms with Crippen LogP contribution in [0.15, 0.2) is 61.4 Å². The van der Waals surface area contributed by atoms with Gasteiger partial charge in [-0.05, 0) is 86.8 Å². The third-order valence-corrected chi connectivity index (χ3v) is 5.90. The van der Waals surface area contributed by atoms with Gasteiger partial charge in [-0.25, -0.2) is 0 Å². The van der Waals surface area contributed by atoms with Gasteiger partial charge in [0.1, 0.15) is 23.2 Å². The van der Waals surface area contributed by atoms with Crippen LogP contribution in [0.5, 0.6) is 0 Å². The number of hydrogen-bond acceptors (Lipinski definition) is 3. The van der Waals surface area contributed by atoms with E-state index in [0.717, 1.165) is 11.1 Å². The van der Waals surface area contributed by atoms with Crippen LogP contribution < -0.4 is 5.32 Å². The molecule has 0 unspecified atom stereocenters. The molecule has 2 aromatic carbocycles. The number of aryl methyl sites for hydroxylation is 1. The van der Waals surface area contributed by atoms with Gasteiger partial charge in [-0.3, -0.25) is 4.79 Å². The minimum absolute atomic E-state index is 0.0978. The van der Waals surface area contributed by atoms with Crippen molar-refractivity contribution in [2.45, 2.75) is 6.92 Å². The van der Waals surface area contributed by atoms with Crippen molar-refractivity contribution in [1.29, 1.82) is 5.26 Å². The number of hydrogen-bond donors (Lipinski definition) is 1. The highest BCUT2D eigenvalue weighted by molar-refractivity contribution is 9.11. The van der Waals surface area contributed by atoms with Crippen molar-refractivity contribution >= 4 is 72.7 Å². The van der Waals surface area contributed by atoms with Crippen LogP contribution >= 0.6 is 55.1 Å². The number of anilines is 1. The molecule has 0 aliphatic rings. The number of nitrogens with one attached hydrogen (secondary N) is 1. The zero-order chi connectivity index (χ0) is 21.1. The molecule has 1 amide bonds. The second-order valence-corrected chi connectivity index (χ2v) is 8.58. The highest BCUT2D eigenvalue weighted by atomic mass is 79.9. The number of furan rings is 1. The van der Waals surface area contributed by atoms with E-state index in [1.165, 1.54) is 6.08 Å². The molecule has 3 aromatic rings. The Morgan fingerprint density at radius 2 is 1.79 bits per heavy atom. The minimum atomic E-state index is -0.551. The maximum Gasteiger partial charge on any atom is 0.266 e. The first-order valence-electron chi connectivity index (χ1n) is 8.22. The second-order valence-electron chi connectivity index (χ2n) is 6.06. The largest absolute Gasteiger partial charge is 0.457 e. The molecule has 0 spiro atoms. The average Bonchev–Trinajstić information content (AvgIpc) is 3.13. The Hall–Kier alpha value is -2.04. The summed E-state index contributed by atoms with van der Waals surface area (Å²) in [6, 6.07) is 14.2. The number of nitriles is 1. The molecule has 0 saturated heterocycles. The number of nitrogens with zero attached hydrogens (tertiary/aromatic N) is 1. The van der Waals surface area contributed by atoms with Crippen LogP contribution in [0.1, 0.15) is 11.3 Å². The van der Waals surface area contributed by atoms with E-state index in [4.69, 9.17) is 27.6 Å². The molecule has 0 atom stereocenters. The maximum atomic E-state index is 12.6. The summed E-state index contributed by atoms with van der Waals surface area (Å²) < 4.78 is 7.14. The van der Waals surface area contributed by atoms with E-state index in [1.54, 1.807) is 30.3 Å². The van der Waals surface area contributed by atoms with Crippen LogP contribution in [0.25, 0.3) is 17.4 Å². The molecule has 1 aromatic heterocycles. The molecule has 29 heavy (non-hydrogen) atoms. The van der Waals surface area contributed by atoms with Gasteiger partial charge in [-0.2, -0.15) is 5.26 Å². The van der Waals surface area contributed by atoms with Gasteiger partial charge in [0.2, 0.25) is 0 Å². The van der Waals surface area contributed by atoms with Crippen LogP contribution in [0.2, 0.25) is 10.0 Å². The highest BCUT2D eigenvalue weighted by Crippen LogP contribution is 2.33. The van der Waals surface area contributed by atoms with Crippen molar-refractivity contribution in [1.82, 2.24) is 0 Å². The van der Waals surface area contributed by atoms with Crippen LogP contribution in [0, 0.1) is 18.3 Å². The third kappa shape index (κ3) is 5.12. The van der Waals surface area contributed by atoms with Gasteiger partial charge in [0, 0.05) is 20.6 Å². The van der Waals surface area contributed by atoms with Crippen molar-refractivity contribution in [3.8, 4) is 17.4 Å². The monoisotopic (exact) mass is 552 g/mol. The van der Waals surface area contributed by atoms with Crippen molar-refractivity contribution in [2.75, 3.05) is 5.32 Å². The zero-order valence-corrected chi connectivity index (χ0v) is 19.6. The van der Waals surface area contributed by atoms with Gasteiger partial charge in [0.15, 0.2) is 0 Å². The Bertz CT molecular complexity index is 1160. The van der Waals surface area contributed by atoms with Gasteiger partial charge >= 0.3 is 0 Å². The standard InChI is InChI=1S/C21H12Br2Cl2N2O2/c1-11-6-15(22)20(16(23)7-11)27-21(28)13(10-26)8-14-3-5-19(29-14)12-2-4-17(24)18(25)9-12/h2-9H,1H3,(H,27,28)/b13-8+. The van der Waals surface area contributed by atoms with Gasteiger partial charge in [0.25, 0.3) is 5.91 Å². The summed E-state index contributed by atoms with van der Waals surface area (Å²) in [5.74, 6) is 0.349. The maximum absolute atomic E-state index is 12.6. The molecule has 1 heterocycles. The van der Waals surface area contributed by atoms with Crippen LogP contribution in [0.4, 0.5) is 5.69 Å². The van der Waals surface area contributed by atoms with E-state index in [-0.39, 0.29) is 5.57 Å². The fraction of sp³-hybridized carbons (Fsp3) is 0.0476. The molecule has 8 heteroatoms. The van der Waals surface area contributed by atoms with Gasteiger partial charge in [-0.15, -0.1) is 0 Å². The minimum Gasteiger partial charge on any atom is -0.457 e. The number of amides is 1. The lowest BCUT2D eigenvalue weighted by molar-refractivity contribution is -0.112. The van der Waals surface area contributed by atoms with E-state index in [2.05, 4.69) is 37.2 Å². The van der Waals surface area contributed by atoms with Crippen molar-refractivity contribution < 1.29 is 9.21 Å². The first kappa shape index (κ1) is 21.7. The number of carbonyl (C=O) groups is 1. The zero-order valence-electron chi connectivity index (χ0n) is 14.9. The van der Waals surface area contributed by atoms with Crippen molar-refractivity contribution in [2.24, 2.45) is 0 Å². The van der Waals surface area contributed by atoms with E-state index in [1.807, 2.05) is 25.1 Å². The number of rotatable bonds is 4. The Kier molecular flexibility index (Phi) is 6.86. The molecular formula is C21H12Br2Cl2N2O2. The molecule has 1 N–H and O–H groups in total. The molecule has 0 radical (unpaired) electrons. The molecule has 0 saturated carbocycles. The lowest BCUT2D eigenvalue weighted by Crippen LogP contribution is -2.14. The topological polar surface area (TPSA) is 66.0 Å². The summed E-state index contributed by atoms with van der Waals surface area (Å²) in [5.41, 5.74) is 2.19. The van der Waals surface area contributed by atoms with E-state index < -0.39 is 5.91 Å². The number of benzene rings is 2. The summed E-state index contributed by atoms with van der Waals surface area (Å²) in [6.45, 7) is 1.93. The molecule has 0 fully saturated rings. The fourth-order valence-electron chi connectivity index (χ4n) is 2.53. The average molecular weight is 555 g/mol. The summed E-state index contributed by atoms with van der Waals surface area (Å²) in [7, 11) is 0. The molecule has 146 valence electrons. The summed E-state index contributed by atoms with van der Waals surface area (Å²) in [6.07, 6.45) is 1.38. The summed E-state index contributed by atoms with van der Waals surface area (Å²) in [4.78, 5) is 12.6. The Morgan fingerprint density at radius 3 is 2.41 bits per heavy atom. The summed E-state index contributed by atoms with van der Waals surface area (Å²) in [5, 5.41) is 13.0. The van der Waals surface area contributed by atoms with Gasteiger partial charge < -0.3 is 9.73 Å². The van der Waals surface area contributed by atoms with Crippen LogP contribution in [-0.4, -0.2) is 5.91 Å². The predicted molar refractivity (Wildman–Crippen MR) is 123 cm³/mol. The van der Waals surface area contributed by atoms with Gasteiger partial charge in [-0.1, -0.05) is 23.2 Å². The molecule has 0 bridgehead atoms. The fourth-order valence-corrected chi connectivity index (χ4v) is 4.44. The van der Waals surface area contributed by atoms with Gasteiger partial charge in [0.05, 0.1) is 15.7 Å². The number of halogens is 4. The van der Waals surface area contributed by atoms with E-state index in [9.17, 15) is 10.1 Å². The Balaban J connectivity index is 1.85. The SMILES string of the molecule is Cc1cc(Br)c(NC(=O)/C(C#N)=C/c2ccc(-c3ccc(Cl)c(Cl)c3)o2)c(Br)c1.